The van der Waals surface area contributed by atoms with E-state index in [1.165, 1.54) is 54.6 Å². The van der Waals surface area contributed by atoms with E-state index < -0.39 is 0 Å². The van der Waals surface area contributed by atoms with Crippen molar-refractivity contribution in [2.24, 2.45) is 0 Å². The highest BCUT2D eigenvalue weighted by molar-refractivity contribution is 6.07. The number of rotatable bonds is 0. The summed E-state index contributed by atoms with van der Waals surface area (Å²) >= 11 is 0. The van der Waals surface area contributed by atoms with Gasteiger partial charge < -0.3 is 0 Å². The Morgan fingerprint density at radius 1 is 0.394 bits per heavy atom. The average molecular weight is 423 g/mol. The molecule has 0 bridgehead atoms. The van der Waals surface area contributed by atoms with E-state index in [-0.39, 0.29) is 5.41 Å². The van der Waals surface area contributed by atoms with Gasteiger partial charge in [0.05, 0.1) is 0 Å². The molecule has 0 nitrogen and oxygen atoms in total. The Morgan fingerprint density at radius 2 is 0.879 bits per heavy atom. The molecule has 33 heavy (non-hydrogen) atoms. The number of hydrogen-bond acceptors (Lipinski definition) is 0. The van der Waals surface area contributed by atoms with Crippen LogP contribution in [0.15, 0.2) is 121 Å². The van der Waals surface area contributed by atoms with Crippen molar-refractivity contribution in [3.63, 3.8) is 0 Å². The van der Waals surface area contributed by atoms with Gasteiger partial charge in [-0.05, 0) is 66.7 Å². The minimum absolute atomic E-state index is 0.107. The Labute approximate surface area is 195 Å². The zero-order valence-electron chi connectivity index (χ0n) is 19.0. The van der Waals surface area contributed by atoms with Gasteiger partial charge in [0.1, 0.15) is 0 Å². The number of benzene rings is 6. The molecule has 0 N–H and O–H groups in total. The molecule has 0 saturated heterocycles. The Morgan fingerprint density at radius 3 is 1.52 bits per heavy atom. The third kappa shape index (κ3) is 3.22. The number of fused-ring (bicyclic) bond motifs is 7. The highest BCUT2D eigenvalue weighted by Gasteiger charge is 2.35. The summed E-state index contributed by atoms with van der Waals surface area (Å²) in [4.78, 5) is 0. The Hall–Kier alpha value is -3.90. The largest absolute Gasteiger partial charge is 0.0619 e. The summed E-state index contributed by atoms with van der Waals surface area (Å²) in [5, 5.41) is 7.96. The summed E-state index contributed by atoms with van der Waals surface area (Å²) in [5.41, 5.74) is 5.80. The van der Waals surface area contributed by atoms with Crippen molar-refractivity contribution in [1.82, 2.24) is 0 Å². The van der Waals surface area contributed by atoms with E-state index in [9.17, 15) is 0 Å². The van der Waals surface area contributed by atoms with Gasteiger partial charge >= 0.3 is 0 Å². The lowest BCUT2D eigenvalue weighted by molar-refractivity contribution is 0.661. The maximum Gasteiger partial charge on any atom is 0.0159 e. The standard InChI is InChI=1S/C19H16.C14H10/c1-19(2)17-10-6-5-9-15(17)16-11-13-7-3-4-8-14(13)12-18(16)19;1-3-7-13-11(5-1)9-10-12-6-2-4-8-14(12)13/h3-12H,1-2H3;1-10H. The van der Waals surface area contributed by atoms with Crippen molar-refractivity contribution < 1.29 is 0 Å². The normalized spacial score (nSPS) is 13.4. The van der Waals surface area contributed by atoms with Gasteiger partial charge in [-0.2, -0.15) is 0 Å². The molecule has 0 fully saturated rings. The van der Waals surface area contributed by atoms with Crippen molar-refractivity contribution >= 4 is 32.3 Å². The molecule has 158 valence electrons. The average Bonchev–Trinajstić information content (AvgIpc) is 3.09. The maximum absolute atomic E-state index is 2.37. The third-order valence-corrected chi connectivity index (χ3v) is 7.10. The molecule has 0 unspecified atom stereocenters. The van der Waals surface area contributed by atoms with Gasteiger partial charge in [0.2, 0.25) is 0 Å². The van der Waals surface area contributed by atoms with E-state index in [1.54, 1.807) is 0 Å². The predicted octanol–water partition coefficient (Wildman–Crippen LogP) is 9.14. The molecule has 0 spiro atoms. The Bertz CT molecular complexity index is 1580. The van der Waals surface area contributed by atoms with Crippen LogP contribution in [0.4, 0.5) is 0 Å². The molecule has 0 atom stereocenters. The molecular weight excluding hydrogens is 396 g/mol. The topological polar surface area (TPSA) is 0 Å². The molecule has 1 aliphatic rings. The summed E-state index contributed by atoms with van der Waals surface area (Å²) < 4.78 is 0. The van der Waals surface area contributed by atoms with Crippen LogP contribution >= 0.6 is 0 Å². The molecule has 0 amide bonds. The van der Waals surface area contributed by atoms with E-state index in [1.807, 2.05) is 0 Å². The van der Waals surface area contributed by atoms with Crippen LogP contribution in [0.1, 0.15) is 25.0 Å². The van der Waals surface area contributed by atoms with Gasteiger partial charge in [-0.1, -0.05) is 123 Å². The minimum atomic E-state index is 0.107. The van der Waals surface area contributed by atoms with Crippen molar-refractivity contribution in [2.75, 3.05) is 0 Å². The lowest BCUT2D eigenvalue weighted by atomic mass is 9.82. The van der Waals surface area contributed by atoms with Crippen LogP contribution in [-0.4, -0.2) is 0 Å². The molecule has 0 radical (unpaired) electrons. The van der Waals surface area contributed by atoms with E-state index >= 15 is 0 Å². The van der Waals surface area contributed by atoms with Crippen LogP contribution in [-0.2, 0) is 5.41 Å². The monoisotopic (exact) mass is 422 g/mol. The fraction of sp³-hybridized carbons (Fsp3) is 0.0909. The maximum atomic E-state index is 2.37. The van der Waals surface area contributed by atoms with E-state index in [0.29, 0.717) is 0 Å². The van der Waals surface area contributed by atoms with Crippen LogP contribution in [0.2, 0.25) is 0 Å². The van der Waals surface area contributed by atoms with Gasteiger partial charge in [-0.15, -0.1) is 0 Å². The van der Waals surface area contributed by atoms with Crippen molar-refractivity contribution in [1.29, 1.82) is 0 Å². The van der Waals surface area contributed by atoms with Crippen LogP contribution in [0.5, 0.6) is 0 Å². The summed E-state index contributed by atoms with van der Waals surface area (Å²) in [7, 11) is 0. The first kappa shape index (κ1) is 19.8. The zero-order chi connectivity index (χ0) is 22.4. The fourth-order valence-corrected chi connectivity index (χ4v) is 5.34. The first-order valence-electron chi connectivity index (χ1n) is 11.6. The highest BCUT2D eigenvalue weighted by Crippen LogP contribution is 2.49. The highest BCUT2D eigenvalue weighted by atomic mass is 14.4. The Kier molecular flexibility index (Phi) is 4.55. The molecule has 6 aromatic rings. The van der Waals surface area contributed by atoms with Crippen molar-refractivity contribution in [3.8, 4) is 11.1 Å². The second-order valence-corrected chi connectivity index (χ2v) is 9.42. The van der Waals surface area contributed by atoms with Crippen molar-refractivity contribution in [2.45, 2.75) is 19.3 Å². The fourth-order valence-electron chi connectivity index (χ4n) is 5.34. The molecule has 6 aromatic carbocycles. The van der Waals surface area contributed by atoms with Gasteiger partial charge in [-0.25, -0.2) is 0 Å². The predicted molar refractivity (Wildman–Crippen MR) is 143 cm³/mol. The Balaban J connectivity index is 0.000000131. The summed E-state index contributed by atoms with van der Waals surface area (Å²) in [5.74, 6) is 0. The van der Waals surface area contributed by atoms with Crippen molar-refractivity contribution in [3.05, 3.63) is 132 Å². The molecule has 0 heteroatoms. The number of hydrogen-bond donors (Lipinski definition) is 0. The lowest BCUT2D eigenvalue weighted by Crippen LogP contribution is -2.14. The van der Waals surface area contributed by atoms with Crippen LogP contribution in [0.25, 0.3) is 43.4 Å². The van der Waals surface area contributed by atoms with E-state index in [0.717, 1.165) is 0 Å². The van der Waals surface area contributed by atoms with Crippen LogP contribution in [0.3, 0.4) is 0 Å². The van der Waals surface area contributed by atoms with Gasteiger partial charge in [-0.3, -0.25) is 0 Å². The SMILES string of the molecule is CC1(C)c2ccccc2-c2cc3ccccc3cc21.c1ccc2c(c1)ccc1ccccc12. The van der Waals surface area contributed by atoms with Gasteiger partial charge in [0.15, 0.2) is 0 Å². The zero-order valence-corrected chi connectivity index (χ0v) is 19.0. The molecule has 7 rings (SSSR count). The van der Waals surface area contributed by atoms with Gasteiger partial charge in [0, 0.05) is 5.41 Å². The second kappa shape index (κ2) is 7.60. The van der Waals surface area contributed by atoms with Crippen LogP contribution in [0, 0.1) is 0 Å². The second-order valence-electron chi connectivity index (χ2n) is 9.42. The molecule has 0 aromatic heterocycles. The third-order valence-electron chi connectivity index (χ3n) is 7.10. The molecule has 1 aliphatic carbocycles. The minimum Gasteiger partial charge on any atom is -0.0619 e. The summed E-state index contributed by atoms with van der Waals surface area (Å²) in [6.45, 7) is 4.65. The smallest absolute Gasteiger partial charge is 0.0159 e. The molecule has 0 aliphatic heterocycles. The molecular formula is C33H26. The van der Waals surface area contributed by atoms with E-state index in [2.05, 4.69) is 135 Å². The molecule has 0 saturated carbocycles. The quantitative estimate of drug-likeness (QED) is 0.214. The van der Waals surface area contributed by atoms with E-state index in [4.69, 9.17) is 0 Å². The van der Waals surface area contributed by atoms with Crippen LogP contribution < -0.4 is 0 Å². The first-order valence-corrected chi connectivity index (χ1v) is 11.6. The first-order chi connectivity index (χ1) is 16.1. The summed E-state index contributed by atoms with van der Waals surface area (Å²) in [6, 6.07) is 43.5. The summed E-state index contributed by atoms with van der Waals surface area (Å²) in [6.07, 6.45) is 0. The molecule has 0 heterocycles. The van der Waals surface area contributed by atoms with Gasteiger partial charge in [0.25, 0.3) is 0 Å². The lowest BCUT2D eigenvalue weighted by Gasteiger charge is -2.21.